The number of nitrogens with zero attached hydrogens (tertiary/aromatic N) is 1. The molecule has 0 aliphatic heterocycles. The summed E-state index contributed by atoms with van der Waals surface area (Å²) in [6.07, 6.45) is 24.1. The quantitative estimate of drug-likeness (QED) is 0.0602. The molecule has 186 valence electrons. The molecule has 0 saturated heterocycles. The van der Waals surface area contributed by atoms with Crippen molar-refractivity contribution in [3.63, 3.8) is 0 Å². The van der Waals surface area contributed by atoms with Crippen molar-refractivity contribution in [1.82, 2.24) is 0 Å². The van der Waals surface area contributed by atoms with E-state index in [9.17, 15) is 4.79 Å². The highest BCUT2D eigenvalue weighted by atomic mass is 16.6. The minimum absolute atomic E-state index is 0.0929. The Morgan fingerprint density at radius 2 is 1.31 bits per heavy atom. The van der Waals surface area contributed by atoms with Crippen LogP contribution in [0, 0.1) is 0 Å². The first kappa shape index (κ1) is 30.6. The highest BCUT2D eigenvalue weighted by molar-refractivity contribution is 5.69. The predicted octanol–water partition coefficient (Wildman–Crippen LogP) is 7.36. The van der Waals surface area contributed by atoms with Crippen molar-refractivity contribution in [3.05, 3.63) is 36.5 Å². The summed E-state index contributed by atoms with van der Waals surface area (Å²) in [6, 6.07) is 0. The molecule has 4 nitrogen and oxygen atoms in total. The van der Waals surface area contributed by atoms with Crippen molar-refractivity contribution in [1.29, 1.82) is 0 Å². The smallest absolute Gasteiger partial charge is 0.305 e. The Hall–Kier alpha value is -1.39. The number of ether oxygens (including phenoxy) is 2. The molecule has 1 atom stereocenters. The molecule has 0 saturated carbocycles. The second-order valence-electron chi connectivity index (χ2n) is 8.46. The number of hydrogen-bond acceptors (Lipinski definition) is 3. The summed E-state index contributed by atoms with van der Waals surface area (Å²) in [5.74, 6) is -0.0929. The van der Waals surface area contributed by atoms with Crippen molar-refractivity contribution >= 4 is 5.97 Å². The van der Waals surface area contributed by atoms with Gasteiger partial charge >= 0.3 is 5.97 Å². The molecule has 0 rings (SSSR count). The van der Waals surface area contributed by atoms with Crippen LogP contribution in [0.25, 0.3) is 0 Å². The van der Waals surface area contributed by atoms with Crippen LogP contribution in [0.4, 0.5) is 0 Å². The van der Waals surface area contributed by atoms with E-state index in [0.717, 1.165) is 62.6 Å². The molecule has 0 aliphatic carbocycles. The van der Waals surface area contributed by atoms with Gasteiger partial charge in [-0.3, -0.25) is 9.28 Å². The molecule has 0 aromatic heterocycles. The van der Waals surface area contributed by atoms with E-state index in [1.54, 1.807) is 0 Å². The van der Waals surface area contributed by atoms with E-state index in [0.29, 0.717) is 19.6 Å². The van der Waals surface area contributed by atoms with Crippen molar-refractivity contribution in [2.45, 2.75) is 105 Å². The summed E-state index contributed by atoms with van der Waals surface area (Å²) in [7, 11) is 0. The highest BCUT2D eigenvalue weighted by Crippen LogP contribution is 2.14. The summed E-state index contributed by atoms with van der Waals surface area (Å²) in [5, 5.41) is 0. The van der Waals surface area contributed by atoms with Gasteiger partial charge in [-0.1, -0.05) is 62.6 Å². The van der Waals surface area contributed by atoms with E-state index in [4.69, 9.17) is 9.47 Å². The van der Waals surface area contributed by atoms with Gasteiger partial charge in [0, 0.05) is 13.3 Å². The maximum Gasteiger partial charge on any atom is 0.305 e. The van der Waals surface area contributed by atoms with Crippen molar-refractivity contribution in [2.24, 2.45) is 0 Å². The van der Waals surface area contributed by atoms with Crippen LogP contribution >= 0.6 is 0 Å². The van der Waals surface area contributed by atoms with Crippen LogP contribution in [0.2, 0.25) is 0 Å². The molecule has 0 aromatic carbocycles. The lowest BCUT2D eigenvalue weighted by Crippen LogP contribution is -2.55. The van der Waals surface area contributed by atoms with E-state index in [2.05, 4.69) is 71.1 Å². The molecule has 0 spiro atoms. The molecule has 1 unspecified atom stereocenters. The molecular formula is C28H52NO3+. The number of hydrogen-bond donors (Lipinski definition) is 0. The average Bonchev–Trinajstić information content (AvgIpc) is 2.80. The summed E-state index contributed by atoms with van der Waals surface area (Å²) >= 11 is 0. The Morgan fingerprint density at radius 3 is 1.94 bits per heavy atom. The van der Waals surface area contributed by atoms with Crippen LogP contribution in [-0.4, -0.2) is 49.5 Å². The van der Waals surface area contributed by atoms with Crippen LogP contribution in [0.1, 0.15) is 98.8 Å². The Kier molecular flexibility index (Phi) is 20.5. The topological polar surface area (TPSA) is 35.5 Å². The summed E-state index contributed by atoms with van der Waals surface area (Å²) in [5.41, 5.74) is 0. The Balaban J connectivity index is 3.59. The molecule has 0 N–H and O–H groups in total. The molecule has 4 heteroatoms. The highest BCUT2D eigenvalue weighted by Gasteiger charge is 2.29. The Bertz CT molecular complexity index is 513. The lowest BCUT2D eigenvalue weighted by molar-refractivity contribution is -0.965. The lowest BCUT2D eigenvalue weighted by Gasteiger charge is -2.40. The van der Waals surface area contributed by atoms with Gasteiger partial charge in [-0.2, -0.15) is 0 Å². The Morgan fingerprint density at radius 1 is 0.750 bits per heavy atom. The minimum Gasteiger partial charge on any atom is -0.463 e. The van der Waals surface area contributed by atoms with Crippen LogP contribution in [0.5, 0.6) is 0 Å². The SMILES string of the molecule is CC/C=C\C/C=C\C/C=C\CCCCCCCC(=O)OCCOC(C)[N+](CC)(CC)CC. The fourth-order valence-electron chi connectivity index (χ4n) is 3.94. The number of allylic oxidation sites excluding steroid dienone is 6. The molecule has 0 aromatic rings. The van der Waals surface area contributed by atoms with Gasteiger partial charge in [-0.05, 0) is 59.3 Å². The van der Waals surface area contributed by atoms with Gasteiger partial charge in [0.2, 0.25) is 0 Å². The van der Waals surface area contributed by atoms with Crippen molar-refractivity contribution < 1.29 is 18.8 Å². The van der Waals surface area contributed by atoms with Gasteiger partial charge in [0.05, 0.1) is 26.2 Å². The average molecular weight is 451 g/mol. The predicted molar refractivity (Wildman–Crippen MR) is 138 cm³/mol. The molecule has 0 bridgehead atoms. The van der Waals surface area contributed by atoms with Crippen LogP contribution in [0.15, 0.2) is 36.5 Å². The third-order valence-electron chi connectivity index (χ3n) is 6.40. The third kappa shape index (κ3) is 15.4. The maximum absolute atomic E-state index is 11.9. The number of rotatable bonds is 21. The molecule has 0 aliphatic rings. The van der Waals surface area contributed by atoms with Crippen molar-refractivity contribution in [3.8, 4) is 0 Å². The van der Waals surface area contributed by atoms with E-state index in [1.807, 2.05) is 0 Å². The summed E-state index contributed by atoms with van der Waals surface area (Å²) in [4.78, 5) is 11.9. The zero-order valence-corrected chi connectivity index (χ0v) is 21.8. The van der Waals surface area contributed by atoms with E-state index in [1.165, 1.54) is 19.3 Å². The number of esters is 1. The normalized spacial score (nSPS) is 13.5. The maximum atomic E-state index is 11.9. The zero-order valence-electron chi connectivity index (χ0n) is 21.8. The standard InChI is InChI=1S/C28H52NO3/c1-6-10-11-12-13-14-15-16-17-18-19-20-21-22-23-24-28(30)32-26-25-31-27(5)29(7-2,8-3)9-4/h10-11,13-14,16-17,27H,6-9,12,15,18-26H2,1-5H3/q+1/b11-10-,14-13-,17-16-. The fourth-order valence-corrected chi connectivity index (χ4v) is 3.94. The van der Waals surface area contributed by atoms with E-state index < -0.39 is 0 Å². The largest absolute Gasteiger partial charge is 0.463 e. The molecule has 32 heavy (non-hydrogen) atoms. The van der Waals surface area contributed by atoms with Gasteiger partial charge in [0.1, 0.15) is 6.61 Å². The van der Waals surface area contributed by atoms with Gasteiger partial charge in [0.25, 0.3) is 0 Å². The van der Waals surface area contributed by atoms with Crippen LogP contribution in [0.3, 0.4) is 0 Å². The zero-order chi connectivity index (χ0) is 23.9. The van der Waals surface area contributed by atoms with Gasteiger partial charge in [-0.15, -0.1) is 0 Å². The summed E-state index contributed by atoms with van der Waals surface area (Å²) in [6.45, 7) is 14.9. The number of carbonyl (C=O) groups excluding carboxylic acids is 1. The van der Waals surface area contributed by atoms with Crippen molar-refractivity contribution in [2.75, 3.05) is 32.8 Å². The second-order valence-corrected chi connectivity index (χ2v) is 8.46. The molecule has 0 amide bonds. The minimum atomic E-state index is -0.0929. The van der Waals surface area contributed by atoms with Gasteiger partial charge in [0.15, 0.2) is 6.23 Å². The van der Waals surface area contributed by atoms with Gasteiger partial charge < -0.3 is 9.47 Å². The first-order chi connectivity index (χ1) is 15.6. The first-order valence-corrected chi connectivity index (χ1v) is 13.1. The summed E-state index contributed by atoms with van der Waals surface area (Å²) < 4.78 is 12.2. The molecule has 0 heterocycles. The number of quaternary nitrogens is 1. The monoisotopic (exact) mass is 450 g/mol. The van der Waals surface area contributed by atoms with E-state index >= 15 is 0 Å². The van der Waals surface area contributed by atoms with Gasteiger partial charge in [-0.25, -0.2) is 0 Å². The lowest BCUT2D eigenvalue weighted by atomic mass is 10.1. The molecule has 0 radical (unpaired) electrons. The molecular weight excluding hydrogens is 398 g/mol. The fraction of sp³-hybridized carbons (Fsp3) is 0.750. The first-order valence-electron chi connectivity index (χ1n) is 13.1. The van der Waals surface area contributed by atoms with E-state index in [-0.39, 0.29) is 12.2 Å². The number of carbonyl (C=O) groups is 1. The third-order valence-corrected chi connectivity index (χ3v) is 6.40. The van der Waals surface area contributed by atoms with Crippen LogP contribution < -0.4 is 0 Å². The molecule has 0 fully saturated rings. The Labute approximate surface area is 199 Å². The van der Waals surface area contributed by atoms with Crippen LogP contribution in [-0.2, 0) is 14.3 Å². The number of unbranched alkanes of at least 4 members (excludes halogenated alkanes) is 5. The second kappa shape index (κ2) is 21.5.